The van der Waals surface area contributed by atoms with E-state index in [4.69, 9.17) is 4.74 Å². The number of carbonyl (C=O) groups excluding carboxylic acids is 1. The van der Waals surface area contributed by atoms with Gasteiger partial charge in [-0.05, 0) is 48.9 Å². The van der Waals surface area contributed by atoms with Gasteiger partial charge in [0.15, 0.2) is 0 Å². The van der Waals surface area contributed by atoms with E-state index in [0.717, 1.165) is 28.4 Å². The van der Waals surface area contributed by atoms with Crippen LogP contribution in [0.15, 0.2) is 42.5 Å². The van der Waals surface area contributed by atoms with Gasteiger partial charge in [0.25, 0.3) is 0 Å². The number of hydrogen-bond acceptors (Lipinski definition) is 3. The molecule has 1 amide bonds. The van der Waals surface area contributed by atoms with Crippen LogP contribution in [0.4, 0.5) is 17.1 Å². The van der Waals surface area contributed by atoms with Gasteiger partial charge in [0.05, 0.1) is 12.8 Å². The van der Waals surface area contributed by atoms with Gasteiger partial charge in [0.1, 0.15) is 5.75 Å². The molecule has 0 fully saturated rings. The number of amides is 1. The minimum Gasteiger partial charge on any atom is -0.495 e. The summed E-state index contributed by atoms with van der Waals surface area (Å²) in [6.07, 6.45) is 0.473. The number of ether oxygens (including phenoxy) is 1. The van der Waals surface area contributed by atoms with E-state index in [1.165, 1.54) is 0 Å². The molecule has 4 heteroatoms. The number of rotatable bonds is 5. The predicted octanol–water partition coefficient (Wildman–Crippen LogP) is 4.10. The number of aryl methyl sites for hydroxylation is 1. The summed E-state index contributed by atoms with van der Waals surface area (Å²) < 4.78 is 5.34. The van der Waals surface area contributed by atoms with Crippen LogP contribution in [0.1, 0.15) is 18.9 Å². The molecule has 0 unspecified atom stereocenters. The summed E-state index contributed by atoms with van der Waals surface area (Å²) in [4.78, 5) is 11.3. The largest absolute Gasteiger partial charge is 0.495 e. The van der Waals surface area contributed by atoms with Gasteiger partial charge in [0.2, 0.25) is 5.91 Å². The van der Waals surface area contributed by atoms with E-state index < -0.39 is 0 Å². The highest BCUT2D eigenvalue weighted by Crippen LogP contribution is 2.29. The first-order valence-corrected chi connectivity index (χ1v) is 6.94. The topological polar surface area (TPSA) is 50.4 Å². The van der Waals surface area contributed by atoms with Crippen LogP contribution < -0.4 is 15.4 Å². The molecule has 0 aliphatic carbocycles. The second kappa shape index (κ2) is 6.79. The molecule has 0 aromatic heterocycles. The van der Waals surface area contributed by atoms with Crippen LogP contribution in [0, 0.1) is 6.92 Å². The minimum atomic E-state index is 0.0102. The van der Waals surface area contributed by atoms with Crippen molar-refractivity contribution in [2.45, 2.75) is 20.3 Å². The van der Waals surface area contributed by atoms with Gasteiger partial charge in [0, 0.05) is 17.8 Å². The molecule has 4 nitrogen and oxygen atoms in total. The molecular weight excluding hydrogens is 264 g/mol. The Morgan fingerprint density at radius 3 is 2.38 bits per heavy atom. The van der Waals surface area contributed by atoms with Gasteiger partial charge < -0.3 is 15.4 Å². The van der Waals surface area contributed by atoms with Crippen LogP contribution in [0.3, 0.4) is 0 Å². The highest BCUT2D eigenvalue weighted by Gasteiger charge is 2.04. The third-order valence-electron chi connectivity index (χ3n) is 3.12. The van der Waals surface area contributed by atoms with Crippen molar-refractivity contribution >= 4 is 23.0 Å². The molecule has 0 saturated carbocycles. The number of methoxy groups -OCH3 is 1. The number of nitrogens with one attached hydrogen (secondary N) is 2. The van der Waals surface area contributed by atoms with Gasteiger partial charge in [-0.2, -0.15) is 0 Å². The van der Waals surface area contributed by atoms with Gasteiger partial charge in [-0.3, -0.25) is 4.79 Å². The van der Waals surface area contributed by atoms with Crippen molar-refractivity contribution in [2.75, 3.05) is 17.7 Å². The second-order valence-electron chi connectivity index (χ2n) is 4.81. The monoisotopic (exact) mass is 284 g/mol. The maximum Gasteiger partial charge on any atom is 0.224 e. The molecule has 0 atom stereocenters. The van der Waals surface area contributed by atoms with E-state index in [1.54, 1.807) is 7.11 Å². The molecule has 2 N–H and O–H groups in total. The molecule has 0 saturated heterocycles. The molecule has 2 aromatic rings. The molecule has 110 valence electrons. The van der Waals surface area contributed by atoms with Crippen LogP contribution in [-0.2, 0) is 4.79 Å². The molecule has 0 bridgehead atoms. The molecule has 0 radical (unpaired) electrons. The second-order valence-corrected chi connectivity index (χ2v) is 4.81. The lowest BCUT2D eigenvalue weighted by molar-refractivity contribution is -0.115. The first-order chi connectivity index (χ1) is 10.1. The van der Waals surface area contributed by atoms with Crippen LogP contribution in [0.25, 0.3) is 0 Å². The molecule has 0 aliphatic heterocycles. The maximum atomic E-state index is 11.3. The predicted molar refractivity (Wildman–Crippen MR) is 86.4 cm³/mol. The van der Waals surface area contributed by atoms with Crippen molar-refractivity contribution in [2.24, 2.45) is 0 Å². The van der Waals surface area contributed by atoms with Crippen molar-refractivity contribution in [3.63, 3.8) is 0 Å². The SMILES string of the molecule is CCC(=O)Nc1ccc(Nc2cc(C)ccc2OC)cc1. The van der Waals surface area contributed by atoms with Crippen LogP contribution in [-0.4, -0.2) is 13.0 Å². The Balaban J connectivity index is 2.13. The van der Waals surface area contributed by atoms with E-state index >= 15 is 0 Å². The molecular formula is C17H20N2O2. The average Bonchev–Trinajstić information content (AvgIpc) is 2.49. The first-order valence-electron chi connectivity index (χ1n) is 6.94. The number of carbonyl (C=O) groups is 1. The van der Waals surface area contributed by atoms with E-state index in [1.807, 2.05) is 56.3 Å². The normalized spacial score (nSPS) is 10.0. The van der Waals surface area contributed by atoms with Crippen LogP contribution >= 0.6 is 0 Å². The Bertz CT molecular complexity index is 621. The fourth-order valence-corrected chi connectivity index (χ4v) is 1.96. The van der Waals surface area contributed by atoms with Crippen molar-refractivity contribution in [3.8, 4) is 5.75 Å². The molecule has 0 aliphatic rings. The zero-order valence-corrected chi connectivity index (χ0v) is 12.6. The zero-order valence-electron chi connectivity index (χ0n) is 12.6. The Morgan fingerprint density at radius 2 is 1.76 bits per heavy atom. The van der Waals surface area contributed by atoms with Gasteiger partial charge >= 0.3 is 0 Å². The fraction of sp³-hybridized carbons (Fsp3) is 0.235. The smallest absolute Gasteiger partial charge is 0.224 e. The molecule has 0 spiro atoms. The highest BCUT2D eigenvalue weighted by atomic mass is 16.5. The van der Waals surface area contributed by atoms with Crippen molar-refractivity contribution < 1.29 is 9.53 Å². The van der Waals surface area contributed by atoms with Crippen molar-refractivity contribution in [3.05, 3.63) is 48.0 Å². The Kier molecular flexibility index (Phi) is 4.82. The van der Waals surface area contributed by atoms with E-state index in [9.17, 15) is 4.79 Å². The van der Waals surface area contributed by atoms with E-state index in [0.29, 0.717) is 6.42 Å². The van der Waals surface area contributed by atoms with Gasteiger partial charge in [-0.15, -0.1) is 0 Å². The molecule has 0 heterocycles. The van der Waals surface area contributed by atoms with Gasteiger partial charge in [-0.25, -0.2) is 0 Å². The summed E-state index contributed by atoms with van der Waals surface area (Å²) in [5, 5.41) is 6.14. The first kappa shape index (κ1) is 14.9. The van der Waals surface area contributed by atoms with Gasteiger partial charge in [-0.1, -0.05) is 13.0 Å². The number of hydrogen-bond donors (Lipinski definition) is 2. The van der Waals surface area contributed by atoms with Crippen LogP contribution in [0.5, 0.6) is 5.75 Å². The summed E-state index contributed by atoms with van der Waals surface area (Å²) in [5.41, 5.74) is 3.81. The summed E-state index contributed by atoms with van der Waals surface area (Å²) in [7, 11) is 1.65. The lowest BCUT2D eigenvalue weighted by Gasteiger charge is -2.12. The van der Waals surface area contributed by atoms with Crippen molar-refractivity contribution in [1.82, 2.24) is 0 Å². The Labute approximate surface area is 125 Å². The standard InChI is InChI=1S/C17H20N2O2/c1-4-17(20)19-14-8-6-13(7-9-14)18-15-11-12(2)5-10-16(15)21-3/h5-11,18H,4H2,1-3H3,(H,19,20). The lowest BCUT2D eigenvalue weighted by Crippen LogP contribution is -2.09. The number of anilines is 3. The summed E-state index contributed by atoms with van der Waals surface area (Å²) in [6.45, 7) is 3.86. The lowest BCUT2D eigenvalue weighted by atomic mass is 10.2. The van der Waals surface area contributed by atoms with E-state index in [2.05, 4.69) is 10.6 Å². The average molecular weight is 284 g/mol. The minimum absolute atomic E-state index is 0.0102. The third-order valence-corrected chi connectivity index (χ3v) is 3.12. The maximum absolute atomic E-state index is 11.3. The molecule has 2 rings (SSSR count). The Morgan fingerprint density at radius 1 is 1.10 bits per heavy atom. The molecule has 2 aromatic carbocycles. The Hall–Kier alpha value is -2.49. The van der Waals surface area contributed by atoms with Crippen molar-refractivity contribution in [1.29, 1.82) is 0 Å². The molecule has 21 heavy (non-hydrogen) atoms. The summed E-state index contributed by atoms with van der Waals surface area (Å²) in [5.74, 6) is 0.806. The quantitative estimate of drug-likeness (QED) is 0.869. The number of benzene rings is 2. The van der Waals surface area contributed by atoms with E-state index in [-0.39, 0.29) is 5.91 Å². The zero-order chi connectivity index (χ0) is 15.2. The third kappa shape index (κ3) is 3.99. The van der Waals surface area contributed by atoms with Crippen LogP contribution in [0.2, 0.25) is 0 Å². The highest BCUT2D eigenvalue weighted by molar-refractivity contribution is 5.90. The fourth-order valence-electron chi connectivity index (χ4n) is 1.96. The summed E-state index contributed by atoms with van der Waals surface area (Å²) in [6, 6.07) is 13.6. The summed E-state index contributed by atoms with van der Waals surface area (Å²) >= 11 is 0.